The van der Waals surface area contributed by atoms with Crippen molar-refractivity contribution in [1.82, 2.24) is 5.32 Å². The summed E-state index contributed by atoms with van der Waals surface area (Å²) in [6, 6.07) is 5.10. The third-order valence-corrected chi connectivity index (χ3v) is 4.66. The molecule has 23 heavy (non-hydrogen) atoms. The number of amides is 1. The SMILES string of the molecule is Cc1ccc(C(=O)NC2CCCC2CN)cc1NS(C)(=O)=O.Cl. The van der Waals surface area contributed by atoms with E-state index in [0.717, 1.165) is 31.1 Å². The number of aryl methyl sites for hydroxylation is 1. The Morgan fingerprint density at radius 2 is 2.04 bits per heavy atom. The molecule has 1 aromatic rings. The number of rotatable bonds is 5. The molecule has 0 heterocycles. The number of halogens is 1. The fraction of sp³-hybridized carbons (Fsp3) is 0.533. The fourth-order valence-electron chi connectivity index (χ4n) is 2.83. The summed E-state index contributed by atoms with van der Waals surface area (Å²) in [5.41, 5.74) is 7.36. The summed E-state index contributed by atoms with van der Waals surface area (Å²) >= 11 is 0. The highest BCUT2D eigenvalue weighted by Crippen LogP contribution is 2.25. The van der Waals surface area contributed by atoms with Gasteiger partial charge in [0.2, 0.25) is 10.0 Å². The molecule has 1 aromatic carbocycles. The number of sulfonamides is 1. The van der Waals surface area contributed by atoms with E-state index in [-0.39, 0.29) is 24.4 Å². The van der Waals surface area contributed by atoms with Gasteiger partial charge >= 0.3 is 0 Å². The van der Waals surface area contributed by atoms with Crippen molar-refractivity contribution in [2.75, 3.05) is 17.5 Å². The number of nitrogens with one attached hydrogen (secondary N) is 2. The Kier molecular flexibility index (Phi) is 6.85. The molecule has 0 aliphatic heterocycles. The molecule has 0 spiro atoms. The van der Waals surface area contributed by atoms with Crippen LogP contribution in [-0.4, -0.2) is 33.2 Å². The van der Waals surface area contributed by atoms with Crippen molar-refractivity contribution in [3.63, 3.8) is 0 Å². The predicted molar refractivity (Wildman–Crippen MR) is 94.5 cm³/mol. The number of nitrogens with two attached hydrogens (primary N) is 1. The monoisotopic (exact) mass is 361 g/mol. The number of carbonyl (C=O) groups is 1. The van der Waals surface area contributed by atoms with Gasteiger partial charge in [0.15, 0.2) is 0 Å². The van der Waals surface area contributed by atoms with E-state index in [1.54, 1.807) is 25.1 Å². The first-order chi connectivity index (χ1) is 10.3. The molecule has 0 saturated heterocycles. The Morgan fingerprint density at radius 1 is 1.35 bits per heavy atom. The minimum Gasteiger partial charge on any atom is -0.349 e. The minimum atomic E-state index is -3.38. The van der Waals surface area contributed by atoms with E-state index >= 15 is 0 Å². The van der Waals surface area contributed by atoms with E-state index in [0.29, 0.717) is 23.7 Å². The molecule has 0 radical (unpaired) electrons. The molecule has 8 heteroatoms. The van der Waals surface area contributed by atoms with Crippen LogP contribution in [0.15, 0.2) is 18.2 Å². The molecule has 6 nitrogen and oxygen atoms in total. The van der Waals surface area contributed by atoms with Crippen LogP contribution in [0.4, 0.5) is 5.69 Å². The lowest BCUT2D eigenvalue weighted by atomic mass is 10.0. The van der Waals surface area contributed by atoms with Crippen molar-refractivity contribution in [1.29, 1.82) is 0 Å². The minimum absolute atomic E-state index is 0. The number of anilines is 1. The molecular formula is C15H24ClN3O3S. The van der Waals surface area contributed by atoms with Crippen LogP contribution in [0.2, 0.25) is 0 Å². The van der Waals surface area contributed by atoms with Crippen LogP contribution in [0.1, 0.15) is 35.2 Å². The van der Waals surface area contributed by atoms with Crippen LogP contribution < -0.4 is 15.8 Å². The van der Waals surface area contributed by atoms with Crippen LogP contribution in [0, 0.1) is 12.8 Å². The van der Waals surface area contributed by atoms with Crippen molar-refractivity contribution in [3.8, 4) is 0 Å². The van der Waals surface area contributed by atoms with Crippen molar-refractivity contribution in [3.05, 3.63) is 29.3 Å². The van der Waals surface area contributed by atoms with Crippen molar-refractivity contribution < 1.29 is 13.2 Å². The van der Waals surface area contributed by atoms with Crippen molar-refractivity contribution in [2.24, 2.45) is 11.7 Å². The standard InChI is InChI=1S/C15H23N3O3S.ClH/c1-10-6-7-11(8-14(10)18-22(2,20)21)15(19)17-13-5-3-4-12(13)9-16;/h6-8,12-13,18H,3-5,9,16H2,1-2H3,(H,17,19);1H. The Bertz CT molecular complexity index is 664. The van der Waals surface area contributed by atoms with E-state index < -0.39 is 10.0 Å². The molecule has 130 valence electrons. The summed E-state index contributed by atoms with van der Waals surface area (Å²) in [5.74, 6) is 0.130. The highest BCUT2D eigenvalue weighted by molar-refractivity contribution is 7.92. The lowest BCUT2D eigenvalue weighted by Crippen LogP contribution is -2.39. The van der Waals surface area contributed by atoms with E-state index in [1.165, 1.54) is 0 Å². The molecule has 2 atom stereocenters. The van der Waals surface area contributed by atoms with Gasteiger partial charge in [0.05, 0.1) is 11.9 Å². The molecule has 1 fully saturated rings. The van der Waals surface area contributed by atoms with Crippen LogP contribution >= 0.6 is 12.4 Å². The average molecular weight is 362 g/mol. The molecule has 1 saturated carbocycles. The zero-order valence-electron chi connectivity index (χ0n) is 13.3. The Hall–Kier alpha value is -1.31. The highest BCUT2D eigenvalue weighted by atomic mass is 35.5. The zero-order valence-corrected chi connectivity index (χ0v) is 15.0. The quantitative estimate of drug-likeness (QED) is 0.742. The average Bonchev–Trinajstić information content (AvgIpc) is 2.86. The van der Waals surface area contributed by atoms with Gasteiger partial charge in [0.1, 0.15) is 0 Å². The maximum atomic E-state index is 12.4. The van der Waals surface area contributed by atoms with Gasteiger partial charge in [-0.15, -0.1) is 12.4 Å². The van der Waals surface area contributed by atoms with Crippen molar-refractivity contribution in [2.45, 2.75) is 32.2 Å². The second-order valence-electron chi connectivity index (χ2n) is 5.91. The second-order valence-corrected chi connectivity index (χ2v) is 7.66. The molecule has 1 aliphatic carbocycles. The van der Waals surface area contributed by atoms with Gasteiger partial charge in [-0.2, -0.15) is 0 Å². The molecule has 2 rings (SSSR count). The third kappa shape index (κ3) is 5.37. The predicted octanol–water partition coefficient (Wildman–Crippen LogP) is 1.65. The second kappa shape index (κ2) is 7.99. The summed E-state index contributed by atoms with van der Waals surface area (Å²) in [5, 5.41) is 3.01. The summed E-state index contributed by atoms with van der Waals surface area (Å²) in [6.07, 6.45) is 4.13. The summed E-state index contributed by atoms with van der Waals surface area (Å²) in [4.78, 5) is 12.4. The first-order valence-corrected chi connectivity index (χ1v) is 9.28. The van der Waals surface area contributed by atoms with Gasteiger partial charge in [-0.25, -0.2) is 8.42 Å². The van der Waals surface area contributed by atoms with Crippen LogP contribution in [-0.2, 0) is 10.0 Å². The molecular weight excluding hydrogens is 338 g/mol. The van der Waals surface area contributed by atoms with Gasteiger partial charge in [0, 0.05) is 11.6 Å². The van der Waals surface area contributed by atoms with E-state index in [4.69, 9.17) is 5.73 Å². The van der Waals surface area contributed by atoms with Gasteiger partial charge in [-0.1, -0.05) is 12.5 Å². The molecule has 0 aromatic heterocycles. The van der Waals surface area contributed by atoms with Crippen LogP contribution in [0.3, 0.4) is 0 Å². The third-order valence-electron chi connectivity index (χ3n) is 4.07. The first kappa shape index (κ1) is 19.7. The number of hydrogen-bond donors (Lipinski definition) is 3. The molecule has 2 unspecified atom stereocenters. The van der Waals surface area contributed by atoms with Crippen molar-refractivity contribution >= 4 is 34.0 Å². The maximum absolute atomic E-state index is 12.4. The molecule has 0 bridgehead atoms. The Morgan fingerprint density at radius 3 is 2.65 bits per heavy atom. The molecule has 4 N–H and O–H groups in total. The lowest BCUT2D eigenvalue weighted by Gasteiger charge is -2.20. The first-order valence-electron chi connectivity index (χ1n) is 7.39. The Balaban J connectivity index is 0.00000264. The van der Waals surface area contributed by atoms with Gasteiger partial charge in [-0.05, 0) is 49.9 Å². The fourth-order valence-corrected chi connectivity index (χ4v) is 3.45. The van der Waals surface area contributed by atoms with Crippen LogP contribution in [0.5, 0.6) is 0 Å². The van der Waals surface area contributed by atoms with Gasteiger partial charge in [0.25, 0.3) is 5.91 Å². The number of benzene rings is 1. The van der Waals surface area contributed by atoms with Crippen LogP contribution in [0.25, 0.3) is 0 Å². The topological polar surface area (TPSA) is 101 Å². The van der Waals surface area contributed by atoms with Gasteiger partial charge in [-0.3, -0.25) is 9.52 Å². The van der Waals surface area contributed by atoms with Gasteiger partial charge < -0.3 is 11.1 Å². The maximum Gasteiger partial charge on any atom is 0.251 e. The number of hydrogen-bond acceptors (Lipinski definition) is 4. The largest absolute Gasteiger partial charge is 0.349 e. The van der Waals surface area contributed by atoms with E-state index in [2.05, 4.69) is 10.0 Å². The summed E-state index contributed by atoms with van der Waals surface area (Å²) in [6.45, 7) is 2.36. The Labute approximate surface area is 143 Å². The highest BCUT2D eigenvalue weighted by Gasteiger charge is 2.27. The normalized spacial score (nSPS) is 20.7. The lowest BCUT2D eigenvalue weighted by molar-refractivity contribution is 0.0929. The van der Waals surface area contributed by atoms with E-state index in [9.17, 15) is 13.2 Å². The molecule has 1 aliphatic rings. The molecule has 1 amide bonds. The van der Waals surface area contributed by atoms with E-state index in [1.807, 2.05) is 0 Å². The smallest absolute Gasteiger partial charge is 0.251 e. The summed E-state index contributed by atoms with van der Waals surface area (Å²) < 4.78 is 25.2. The zero-order chi connectivity index (χ0) is 16.3. The number of carbonyl (C=O) groups excluding carboxylic acids is 1. The summed E-state index contributed by atoms with van der Waals surface area (Å²) in [7, 11) is -3.38.